The molecule has 3 rings (SSSR count). The molecule has 0 N–H and O–H groups in total. The van der Waals surface area contributed by atoms with Crippen molar-refractivity contribution in [1.82, 2.24) is 0 Å². The minimum atomic E-state index is -0.210. The summed E-state index contributed by atoms with van der Waals surface area (Å²) < 4.78 is 14.6. The molecular formula is C30H35F. The third-order valence-corrected chi connectivity index (χ3v) is 6.44. The van der Waals surface area contributed by atoms with Gasteiger partial charge in [0.25, 0.3) is 0 Å². The first kappa shape index (κ1) is 23.2. The van der Waals surface area contributed by atoms with Gasteiger partial charge in [-0.15, -0.1) is 0 Å². The lowest BCUT2D eigenvalue weighted by atomic mass is 9.78. The topological polar surface area (TPSA) is 0 Å². The Balaban J connectivity index is 1.51. The van der Waals surface area contributed by atoms with Crippen molar-refractivity contribution in [2.75, 3.05) is 0 Å². The molecule has 0 atom stereocenters. The van der Waals surface area contributed by atoms with Gasteiger partial charge in [-0.2, -0.15) is 0 Å². The van der Waals surface area contributed by atoms with Crippen molar-refractivity contribution in [3.05, 3.63) is 70.5 Å². The fourth-order valence-electron chi connectivity index (χ4n) is 4.45. The van der Waals surface area contributed by atoms with Crippen LogP contribution in [0.5, 0.6) is 0 Å². The Morgan fingerprint density at radius 2 is 1.45 bits per heavy atom. The summed E-state index contributed by atoms with van der Waals surface area (Å²) in [7, 11) is 0. The second kappa shape index (κ2) is 12.4. The minimum absolute atomic E-state index is 0.210. The van der Waals surface area contributed by atoms with E-state index in [0.717, 1.165) is 41.4 Å². The minimum Gasteiger partial charge on any atom is -0.206 e. The maximum absolute atomic E-state index is 14.6. The van der Waals surface area contributed by atoms with E-state index in [2.05, 4.69) is 30.6 Å². The fourth-order valence-corrected chi connectivity index (χ4v) is 4.45. The molecule has 0 spiro atoms. The highest BCUT2D eigenvalue weighted by atomic mass is 19.1. The first-order valence-electron chi connectivity index (χ1n) is 12.1. The Labute approximate surface area is 188 Å². The number of hydrogen-bond acceptors (Lipinski definition) is 0. The van der Waals surface area contributed by atoms with Gasteiger partial charge in [-0.3, -0.25) is 0 Å². The van der Waals surface area contributed by atoms with Gasteiger partial charge >= 0.3 is 0 Å². The van der Waals surface area contributed by atoms with Gasteiger partial charge in [0, 0.05) is 17.5 Å². The lowest BCUT2D eigenvalue weighted by molar-refractivity contribution is 0.250. The van der Waals surface area contributed by atoms with Crippen LogP contribution in [-0.4, -0.2) is 0 Å². The Morgan fingerprint density at radius 3 is 2.06 bits per heavy atom. The summed E-state index contributed by atoms with van der Waals surface area (Å²) >= 11 is 0. The van der Waals surface area contributed by atoms with E-state index in [9.17, 15) is 4.39 Å². The normalized spacial score (nSPS) is 17.9. The van der Waals surface area contributed by atoms with Crippen molar-refractivity contribution in [2.45, 2.75) is 78.1 Å². The van der Waals surface area contributed by atoms with E-state index in [1.165, 1.54) is 51.4 Å². The highest BCUT2D eigenvalue weighted by molar-refractivity contribution is 5.46. The molecule has 0 amide bonds. The van der Waals surface area contributed by atoms with E-state index < -0.39 is 0 Å². The van der Waals surface area contributed by atoms with Gasteiger partial charge < -0.3 is 0 Å². The molecule has 2 aromatic carbocycles. The van der Waals surface area contributed by atoms with Gasteiger partial charge in [-0.05, 0) is 66.6 Å². The van der Waals surface area contributed by atoms with Crippen molar-refractivity contribution < 1.29 is 4.39 Å². The highest BCUT2D eigenvalue weighted by Gasteiger charge is 2.20. The summed E-state index contributed by atoms with van der Waals surface area (Å²) in [5.74, 6) is 13.8. The maximum Gasteiger partial charge on any atom is 0.139 e. The quantitative estimate of drug-likeness (QED) is 0.421. The second-order valence-electron chi connectivity index (χ2n) is 8.86. The highest BCUT2D eigenvalue weighted by Crippen LogP contribution is 2.34. The van der Waals surface area contributed by atoms with E-state index in [1.54, 1.807) is 6.07 Å². The Morgan fingerprint density at radius 1 is 0.806 bits per heavy atom. The van der Waals surface area contributed by atoms with Crippen LogP contribution in [0.1, 0.15) is 93.9 Å². The van der Waals surface area contributed by atoms with Gasteiger partial charge in [0.05, 0.1) is 5.56 Å². The number of rotatable bonds is 6. The van der Waals surface area contributed by atoms with Gasteiger partial charge in [0.15, 0.2) is 0 Å². The molecule has 1 fully saturated rings. The molecule has 0 nitrogen and oxygen atoms in total. The molecule has 0 unspecified atom stereocenters. The number of hydrogen-bond donors (Lipinski definition) is 0. The van der Waals surface area contributed by atoms with Crippen LogP contribution in [0.25, 0.3) is 0 Å². The lowest BCUT2D eigenvalue weighted by Crippen LogP contribution is -2.15. The van der Waals surface area contributed by atoms with Crippen LogP contribution in [0.15, 0.2) is 42.5 Å². The average Bonchev–Trinajstić information content (AvgIpc) is 2.81. The van der Waals surface area contributed by atoms with E-state index >= 15 is 0 Å². The Kier molecular flexibility index (Phi) is 9.24. The summed E-state index contributed by atoms with van der Waals surface area (Å²) in [4.78, 5) is 0. The van der Waals surface area contributed by atoms with Crippen molar-refractivity contribution in [1.29, 1.82) is 0 Å². The zero-order valence-corrected chi connectivity index (χ0v) is 19.1. The predicted octanol–water partition coefficient (Wildman–Crippen LogP) is 7.92. The molecule has 1 heteroatoms. The van der Waals surface area contributed by atoms with E-state index in [0.29, 0.717) is 5.56 Å². The molecule has 0 bridgehead atoms. The molecule has 1 aliphatic carbocycles. The number of halogens is 1. The summed E-state index contributed by atoms with van der Waals surface area (Å²) in [6, 6.07) is 13.4. The van der Waals surface area contributed by atoms with Gasteiger partial charge in [-0.1, -0.05) is 88.5 Å². The summed E-state index contributed by atoms with van der Waals surface area (Å²) in [5.41, 5.74) is 3.42. The Bertz CT molecular complexity index is 938. The average molecular weight is 415 g/mol. The molecule has 0 heterocycles. The summed E-state index contributed by atoms with van der Waals surface area (Å²) in [6.45, 7) is 4.31. The Hall–Kier alpha value is -2.51. The van der Waals surface area contributed by atoms with Crippen LogP contribution in [0, 0.1) is 41.3 Å². The van der Waals surface area contributed by atoms with Gasteiger partial charge in [0.2, 0.25) is 0 Å². The molecule has 0 saturated heterocycles. The lowest BCUT2D eigenvalue weighted by Gasteiger charge is -2.28. The van der Waals surface area contributed by atoms with Gasteiger partial charge in [0.1, 0.15) is 5.82 Å². The molecular weight excluding hydrogens is 379 g/mol. The first-order chi connectivity index (χ1) is 15.2. The van der Waals surface area contributed by atoms with Crippen molar-refractivity contribution >= 4 is 0 Å². The zero-order chi connectivity index (χ0) is 21.9. The smallest absolute Gasteiger partial charge is 0.139 e. The second-order valence-corrected chi connectivity index (χ2v) is 8.86. The van der Waals surface area contributed by atoms with Crippen molar-refractivity contribution in [2.24, 2.45) is 11.8 Å². The van der Waals surface area contributed by atoms with Crippen LogP contribution in [-0.2, 0) is 6.42 Å². The van der Waals surface area contributed by atoms with Gasteiger partial charge in [-0.25, -0.2) is 4.39 Å². The first-order valence-corrected chi connectivity index (χ1v) is 12.1. The van der Waals surface area contributed by atoms with Crippen molar-refractivity contribution in [3.63, 3.8) is 0 Å². The largest absolute Gasteiger partial charge is 0.206 e. The van der Waals surface area contributed by atoms with Crippen LogP contribution in [0.3, 0.4) is 0 Å². The number of unbranched alkanes of at least 4 members (excludes halogenated alkanes) is 1. The van der Waals surface area contributed by atoms with Crippen LogP contribution >= 0.6 is 0 Å². The molecule has 162 valence electrons. The summed E-state index contributed by atoms with van der Waals surface area (Å²) in [6.07, 6.45) is 12.6. The molecule has 0 radical (unpaired) electrons. The van der Waals surface area contributed by atoms with Crippen LogP contribution in [0.2, 0.25) is 0 Å². The molecule has 0 aliphatic heterocycles. The van der Waals surface area contributed by atoms with Crippen LogP contribution < -0.4 is 0 Å². The molecule has 31 heavy (non-hydrogen) atoms. The molecule has 1 saturated carbocycles. The number of aryl methyl sites for hydroxylation is 1. The predicted molar refractivity (Wildman–Crippen MR) is 129 cm³/mol. The SMILES string of the molecule is CCC#Cc1ccc(C#Cc2ccc(CC[C@H]3CC[C@H](CCCC)CC3)cc2F)cc1. The van der Waals surface area contributed by atoms with E-state index in [-0.39, 0.29) is 5.82 Å². The standard InChI is InChI=1S/C30H35F/c1-3-5-7-24-9-13-26(14-10-24)17-18-28-20-22-29(30(31)23-28)21-19-27-15-11-25(12-16-27)8-6-4-2/h11-12,15-16,20,22-24,26H,3-5,7,9-10,13-14,17-18H2,1-2H3/t24-,26-. The maximum atomic E-state index is 14.6. The summed E-state index contributed by atoms with van der Waals surface area (Å²) in [5, 5.41) is 0. The molecule has 2 aromatic rings. The van der Waals surface area contributed by atoms with E-state index in [1.807, 2.05) is 43.3 Å². The zero-order valence-electron chi connectivity index (χ0n) is 19.1. The van der Waals surface area contributed by atoms with Crippen molar-refractivity contribution in [3.8, 4) is 23.7 Å². The third kappa shape index (κ3) is 7.60. The third-order valence-electron chi connectivity index (χ3n) is 6.44. The van der Waals surface area contributed by atoms with E-state index in [4.69, 9.17) is 0 Å². The number of benzene rings is 2. The fraction of sp³-hybridized carbons (Fsp3) is 0.467. The molecule has 1 aliphatic rings. The molecule has 0 aromatic heterocycles. The van der Waals surface area contributed by atoms with Crippen LogP contribution in [0.4, 0.5) is 4.39 Å². The monoisotopic (exact) mass is 414 g/mol.